The Balaban J connectivity index is 1.78. The highest BCUT2D eigenvalue weighted by atomic mass is 35.5. The van der Waals surface area contributed by atoms with Crippen molar-refractivity contribution in [2.45, 2.75) is 11.5 Å². The fraction of sp³-hybridized carbons (Fsp3) is 0.312. The summed E-state index contributed by atoms with van der Waals surface area (Å²) in [6.07, 6.45) is 0. The molecule has 22 heavy (non-hydrogen) atoms. The van der Waals surface area contributed by atoms with Gasteiger partial charge in [-0.25, -0.2) is 0 Å². The van der Waals surface area contributed by atoms with E-state index in [9.17, 15) is 4.79 Å². The number of furan rings is 1. The van der Waals surface area contributed by atoms with E-state index in [1.165, 1.54) is 5.56 Å². The minimum absolute atomic E-state index is 0.219. The molecule has 2 aromatic rings. The van der Waals surface area contributed by atoms with Crippen LogP contribution in [0.25, 0.3) is 0 Å². The maximum absolute atomic E-state index is 11.8. The molecule has 0 aliphatic carbocycles. The topological polar surface area (TPSA) is 51.5 Å². The number of thioether (sulfide) groups is 1. The summed E-state index contributed by atoms with van der Waals surface area (Å²) >= 11 is 7.66. The monoisotopic (exact) mass is 339 g/mol. The SMILES string of the molecule is COCCNC(=O)c1ccc(CSCc2cccc(Cl)c2)o1. The highest BCUT2D eigenvalue weighted by molar-refractivity contribution is 7.97. The second-order valence-electron chi connectivity index (χ2n) is 4.64. The number of hydrogen-bond donors (Lipinski definition) is 1. The van der Waals surface area contributed by atoms with E-state index < -0.39 is 0 Å². The number of methoxy groups -OCH3 is 1. The van der Waals surface area contributed by atoms with Crippen LogP contribution in [0.3, 0.4) is 0 Å². The van der Waals surface area contributed by atoms with Gasteiger partial charge in [-0.2, -0.15) is 0 Å². The molecule has 0 unspecified atom stereocenters. The molecule has 1 heterocycles. The summed E-state index contributed by atoms with van der Waals surface area (Å²) in [7, 11) is 1.59. The van der Waals surface area contributed by atoms with Gasteiger partial charge < -0.3 is 14.5 Å². The van der Waals surface area contributed by atoms with Gasteiger partial charge in [0.15, 0.2) is 5.76 Å². The van der Waals surface area contributed by atoms with Gasteiger partial charge in [-0.15, -0.1) is 11.8 Å². The first kappa shape index (κ1) is 16.9. The van der Waals surface area contributed by atoms with Crippen LogP contribution in [0.2, 0.25) is 5.02 Å². The standard InChI is InChI=1S/C16H18ClNO3S/c1-20-8-7-18-16(19)15-6-5-14(21-15)11-22-10-12-3-2-4-13(17)9-12/h2-6,9H,7-8,10-11H2,1H3,(H,18,19). The Labute approximate surface area is 139 Å². The van der Waals surface area contributed by atoms with Gasteiger partial charge in [-0.3, -0.25) is 4.79 Å². The van der Waals surface area contributed by atoms with Crippen molar-refractivity contribution in [3.8, 4) is 0 Å². The van der Waals surface area contributed by atoms with Gasteiger partial charge in [0.05, 0.1) is 12.4 Å². The van der Waals surface area contributed by atoms with E-state index in [4.69, 9.17) is 20.8 Å². The quantitative estimate of drug-likeness (QED) is 0.744. The number of ether oxygens (including phenoxy) is 1. The lowest BCUT2D eigenvalue weighted by atomic mass is 10.2. The molecule has 2 rings (SSSR count). The summed E-state index contributed by atoms with van der Waals surface area (Å²) in [5, 5.41) is 3.46. The molecule has 0 aliphatic rings. The Morgan fingerprint density at radius 2 is 2.18 bits per heavy atom. The summed E-state index contributed by atoms with van der Waals surface area (Å²) in [6, 6.07) is 11.3. The van der Waals surface area contributed by atoms with Crippen LogP contribution >= 0.6 is 23.4 Å². The van der Waals surface area contributed by atoms with Crippen molar-refractivity contribution in [3.05, 3.63) is 58.5 Å². The number of carbonyl (C=O) groups is 1. The Morgan fingerprint density at radius 1 is 1.32 bits per heavy atom. The molecule has 4 nitrogen and oxygen atoms in total. The number of nitrogens with one attached hydrogen (secondary N) is 1. The van der Waals surface area contributed by atoms with Crippen LogP contribution < -0.4 is 5.32 Å². The van der Waals surface area contributed by atoms with Gasteiger partial charge in [-0.05, 0) is 29.8 Å². The zero-order valence-corrected chi connectivity index (χ0v) is 13.9. The summed E-state index contributed by atoms with van der Waals surface area (Å²) in [5.74, 6) is 2.44. The van der Waals surface area contributed by atoms with Crippen LogP contribution in [-0.2, 0) is 16.2 Å². The zero-order chi connectivity index (χ0) is 15.8. The Hall–Kier alpha value is -1.43. The molecule has 0 atom stereocenters. The van der Waals surface area contributed by atoms with E-state index in [0.29, 0.717) is 24.7 Å². The van der Waals surface area contributed by atoms with E-state index >= 15 is 0 Å². The van der Waals surface area contributed by atoms with E-state index in [0.717, 1.165) is 16.5 Å². The predicted octanol–water partition coefficient (Wildman–Crippen LogP) is 3.74. The van der Waals surface area contributed by atoms with Gasteiger partial charge in [0.2, 0.25) is 0 Å². The lowest BCUT2D eigenvalue weighted by Gasteiger charge is -2.02. The molecule has 0 bridgehead atoms. The number of hydrogen-bond acceptors (Lipinski definition) is 4. The van der Waals surface area contributed by atoms with Crippen molar-refractivity contribution >= 4 is 29.3 Å². The highest BCUT2D eigenvalue weighted by Crippen LogP contribution is 2.21. The van der Waals surface area contributed by atoms with Crippen molar-refractivity contribution in [2.24, 2.45) is 0 Å². The second-order valence-corrected chi connectivity index (χ2v) is 6.06. The molecule has 118 valence electrons. The molecule has 6 heteroatoms. The molecular formula is C16H18ClNO3S. The van der Waals surface area contributed by atoms with Crippen molar-refractivity contribution in [1.29, 1.82) is 0 Å². The Kier molecular flexibility index (Phi) is 6.83. The summed E-state index contributed by atoms with van der Waals surface area (Å²) < 4.78 is 10.4. The van der Waals surface area contributed by atoms with Crippen molar-refractivity contribution < 1.29 is 13.9 Å². The van der Waals surface area contributed by atoms with Crippen LogP contribution in [0.15, 0.2) is 40.8 Å². The van der Waals surface area contributed by atoms with Gasteiger partial charge in [0.1, 0.15) is 5.76 Å². The van der Waals surface area contributed by atoms with Crippen LogP contribution in [0, 0.1) is 0 Å². The minimum Gasteiger partial charge on any atom is -0.455 e. The molecule has 1 amide bonds. The lowest BCUT2D eigenvalue weighted by Crippen LogP contribution is -2.26. The number of rotatable bonds is 8. The average molecular weight is 340 g/mol. The number of amides is 1. The van der Waals surface area contributed by atoms with Crippen molar-refractivity contribution in [1.82, 2.24) is 5.32 Å². The van der Waals surface area contributed by atoms with E-state index in [-0.39, 0.29) is 5.91 Å². The van der Waals surface area contributed by atoms with E-state index in [2.05, 4.69) is 5.32 Å². The third-order valence-electron chi connectivity index (χ3n) is 2.88. The third-order valence-corrected chi connectivity index (χ3v) is 4.14. The summed E-state index contributed by atoms with van der Waals surface area (Å²) in [4.78, 5) is 11.8. The molecule has 1 aromatic heterocycles. The van der Waals surface area contributed by atoms with Crippen LogP contribution in [0.5, 0.6) is 0 Å². The number of carbonyl (C=O) groups excluding carboxylic acids is 1. The normalized spacial score (nSPS) is 10.6. The molecule has 0 saturated carbocycles. The van der Waals surface area contributed by atoms with Crippen LogP contribution in [0.4, 0.5) is 0 Å². The van der Waals surface area contributed by atoms with E-state index in [1.807, 2.05) is 30.3 Å². The van der Waals surface area contributed by atoms with Crippen molar-refractivity contribution in [2.75, 3.05) is 20.3 Å². The summed E-state index contributed by atoms with van der Waals surface area (Å²) in [6.45, 7) is 0.948. The zero-order valence-electron chi connectivity index (χ0n) is 12.3. The maximum Gasteiger partial charge on any atom is 0.287 e. The Morgan fingerprint density at radius 3 is 2.95 bits per heavy atom. The van der Waals surface area contributed by atoms with Gasteiger partial charge in [0, 0.05) is 24.4 Å². The van der Waals surface area contributed by atoms with Crippen LogP contribution in [-0.4, -0.2) is 26.2 Å². The molecule has 1 N–H and O–H groups in total. The predicted molar refractivity (Wildman–Crippen MR) is 89.4 cm³/mol. The highest BCUT2D eigenvalue weighted by Gasteiger charge is 2.10. The smallest absolute Gasteiger partial charge is 0.287 e. The molecule has 0 fully saturated rings. The summed E-state index contributed by atoms with van der Waals surface area (Å²) in [5.41, 5.74) is 1.17. The first-order valence-corrected chi connectivity index (χ1v) is 8.40. The lowest BCUT2D eigenvalue weighted by molar-refractivity contribution is 0.0908. The second kappa shape index (κ2) is 8.88. The maximum atomic E-state index is 11.8. The minimum atomic E-state index is -0.219. The average Bonchev–Trinajstić information content (AvgIpc) is 2.96. The first-order valence-electron chi connectivity index (χ1n) is 6.87. The molecule has 0 saturated heterocycles. The number of halogens is 1. The van der Waals surface area contributed by atoms with Gasteiger partial charge in [0.25, 0.3) is 5.91 Å². The van der Waals surface area contributed by atoms with Gasteiger partial charge in [-0.1, -0.05) is 23.7 Å². The first-order chi connectivity index (χ1) is 10.7. The molecule has 0 radical (unpaired) electrons. The molecular weight excluding hydrogens is 322 g/mol. The Bertz CT molecular complexity index is 615. The largest absolute Gasteiger partial charge is 0.455 e. The number of benzene rings is 1. The van der Waals surface area contributed by atoms with E-state index in [1.54, 1.807) is 24.9 Å². The fourth-order valence-electron chi connectivity index (χ4n) is 1.83. The molecule has 1 aromatic carbocycles. The molecule has 0 aliphatic heterocycles. The van der Waals surface area contributed by atoms with Crippen LogP contribution in [0.1, 0.15) is 21.9 Å². The third kappa shape index (κ3) is 5.40. The molecule has 0 spiro atoms. The van der Waals surface area contributed by atoms with Gasteiger partial charge >= 0.3 is 0 Å². The fourth-order valence-corrected chi connectivity index (χ4v) is 2.91. The van der Waals surface area contributed by atoms with Crippen molar-refractivity contribution in [3.63, 3.8) is 0 Å².